The van der Waals surface area contributed by atoms with Crippen molar-refractivity contribution in [1.82, 2.24) is 4.90 Å². The molecule has 1 aromatic carbocycles. The molecule has 2 N–H and O–H groups in total. The van der Waals surface area contributed by atoms with Gasteiger partial charge in [-0.15, -0.1) is 23.2 Å². The largest absolute Gasteiger partial charge is 0.863 e. The lowest BCUT2D eigenvalue weighted by Crippen LogP contribution is -2.35. The molecule has 1 amide bonds. The van der Waals surface area contributed by atoms with Crippen LogP contribution in [0.25, 0.3) is 0 Å². The maximum Gasteiger partial charge on any atom is 0.283 e. The van der Waals surface area contributed by atoms with Crippen LogP contribution in [0.3, 0.4) is 0 Å². The summed E-state index contributed by atoms with van der Waals surface area (Å²) in [6, 6.07) is 0.769. The standard InChI is InChI=1S/C8H16Cl2N2O.C6H3N3O7/c9-3-1-2-5-12(6-4-10)7-8(11)13;10-6-4(8(13)14)1-3(7(11)12)2-5(6)9(15)16/h1-7H2,(H2,11,13);1-2,10H/p-1. The third kappa shape index (κ3) is 9.82. The van der Waals surface area contributed by atoms with Crippen LogP contribution < -0.4 is 10.8 Å². The van der Waals surface area contributed by atoms with E-state index in [2.05, 4.69) is 0 Å². The molecule has 0 aromatic heterocycles. The van der Waals surface area contributed by atoms with E-state index in [0.29, 0.717) is 30.4 Å². The van der Waals surface area contributed by atoms with Gasteiger partial charge in [0.2, 0.25) is 5.91 Å². The van der Waals surface area contributed by atoms with Crippen LogP contribution in [-0.2, 0) is 4.79 Å². The maximum atomic E-state index is 11.1. The van der Waals surface area contributed by atoms with Crippen molar-refractivity contribution in [2.75, 3.05) is 31.4 Å². The lowest BCUT2D eigenvalue weighted by Gasteiger charge is -2.18. The normalized spacial score (nSPS) is 10.2. The van der Waals surface area contributed by atoms with Crippen molar-refractivity contribution in [3.05, 3.63) is 42.5 Å². The molecule has 0 aliphatic heterocycles. The van der Waals surface area contributed by atoms with Crippen molar-refractivity contribution in [3.63, 3.8) is 0 Å². The predicted octanol–water partition coefficient (Wildman–Crippen LogP) is 1.52. The van der Waals surface area contributed by atoms with Crippen LogP contribution in [0.1, 0.15) is 12.8 Å². The first kappa shape index (κ1) is 26.2. The Labute approximate surface area is 174 Å². The van der Waals surface area contributed by atoms with E-state index in [1.807, 2.05) is 4.90 Å². The van der Waals surface area contributed by atoms with Gasteiger partial charge in [0.1, 0.15) is 0 Å². The fraction of sp³-hybridized carbons (Fsp3) is 0.500. The van der Waals surface area contributed by atoms with Gasteiger partial charge in [-0.2, -0.15) is 0 Å². The monoisotopic (exact) mass is 454 g/mol. The first-order valence-corrected chi connectivity index (χ1v) is 9.02. The van der Waals surface area contributed by atoms with Gasteiger partial charge in [-0.25, -0.2) is 0 Å². The summed E-state index contributed by atoms with van der Waals surface area (Å²) in [5, 5.41) is 42.1. The van der Waals surface area contributed by atoms with E-state index in [-0.39, 0.29) is 12.5 Å². The van der Waals surface area contributed by atoms with Gasteiger partial charge in [0.15, 0.2) is 0 Å². The molecule has 0 heterocycles. The van der Waals surface area contributed by atoms with Crippen LogP contribution in [0.4, 0.5) is 17.1 Å². The summed E-state index contributed by atoms with van der Waals surface area (Å²) in [7, 11) is 0. The Morgan fingerprint density at radius 3 is 1.79 bits per heavy atom. The highest BCUT2D eigenvalue weighted by atomic mass is 35.5. The minimum absolute atomic E-state index is 0.287. The zero-order valence-corrected chi connectivity index (χ0v) is 16.5. The maximum absolute atomic E-state index is 11.1. The van der Waals surface area contributed by atoms with Gasteiger partial charge in [-0.1, -0.05) is 0 Å². The fourth-order valence-electron chi connectivity index (χ4n) is 2.00. The second-order valence-corrected chi connectivity index (χ2v) is 6.17. The Bertz CT molecular complexity index is 714. The van der Waals surface area contributed by atoms with Crippen LogP contribution in [-0.4, -0.2) is 57.0 Å². The van der Waals surface area contributed by atoms with Gasteiger partial charge in [0.05, 0.1) is 39.2 Å². The number of benzene rings is 1. The van der Waals surface area contributed by atoms with Crippen molar-refractivity contribution in [2.45, 2.75) is 12.8 Å². The number of rotatable bonds is 11. The topological polar surface area (TPSA) is 199 Å². The number of nitro benzene ring substituents is 3. The van der Waals surface area contributed by atoms with Crippen molar-refractivity contribution >= 4 is 46.2 Å². The van der Waals surface area contributed by atoms with Gasteiger partial charge in [0, 0.05) is 18.3 Å². The number of unbranched alkanes of at least 4 members (excludes halogenated alkanes) is 1. The molecule has 0 fully saturated rings. The lowest BCUT2D eigenvalue weighted by molar-refractivity contribution is -0.420. The number of alkyl halides is 2. The molecule has 162 valence electrons. The number of nitro groups is 3. The molecule has 0 atom stereocenters. The number of non-ortho nitro benzene ring substituents is 1. The van der Waals surface area contributed by atoms with E-state index >= 15 is 0 Å². The van der Waals surface area contributed by atoms with E-state index in [9.17, 15) is 40.2 Å². The van der Waals surface area contributed by atoms with E-state index in [1.165, 1.54) is 0 Å². The third-order valence-electron chi connectivity index (χ3n) is 3.28. The first-order chi connectivity index (χ1) is 13.5. The summed E-state index contributed by atoms with van der Waals surface area (Å²) >= 11 is 11.1. The fourth-order valence-corrected chi connectivity index (χ4v) is 2.43. The molecule has 0 bridgehead atoms. The SMILES string of the molecule is NC(=O)CN(CCCl)CCCCCl.O=[N+]([O-])c1cc([N+](=O)[O-])c([O-])c([N+](=O)[O-])c1. The molecule has 0 unspecified atom stereocenters. The highest BCUT2D eigenvalue weighted by molar-refractivity contribution is 6.18. The second-order valence-electron chi connectivity index (χ2n) is 5.41. The minimum Gasteiger partial charge on any atom is -0.863 e. The summed E-state index contributed by atoms with van der Waals surface area (Å²) in [5.74, 6) is -0.587. The average molecular weight is 455 g/mol. The Balaban J connectivity index is 0.000000555. The molecule has 29 heavy (non-hydrogen) atoms. The molecule has 1 rings (SSSR count). The van der Waals surface area contributed by atoms with Gasteiger partial charge >= 0.3 is 0 Å². The second kappa shape index (κ2) is 13.4. The Kier molecular flexibility index (Phi) is 12.1. The van der Waals surface area contributed by atoms with Crippen LogP contribution in [0.15, 0.2) is 12.1 Å². The molecular weight excluding hydrogens is 437 g/mol. The Morgan fingerprint density at radius 2 is 1.45 bits per heavy atom. The summed E-state index contributed by atoms with van der Waals surface area (Å²) in [6.07, 6.45) is 1.94. The quantitative estimate of drug-likeness (QED) is 0.222. The molecule has 0 radical (unpaired) electrons. The van der Waals surface area contributed by atoms with Gasteiger partial charge < -0.3 is 10.8 Å². The summed E-state index contributed by atoms with van der Waals surface area (Å²) < 4.78 is 0. The number of hydrogen-bond donors (Lipinski definition) is 1. The number of primary amides is 1. The third-order valence-corrected chi connectivity index (χ3v) is 3.71. The summed E-state index contributed by atoms with van der Waals surface area (Å²) in [5.41, 5.74) is 1.81. The zero-order chi connectivity index (χ0) is 22.6. The number of carbonyl (C=O) groups is 1. The number of hydrogen-bond acceptors (Lipinski definition) is 9. The predicted molar refractivity (Wildman–Crippen MR) is 102 cm³/mol. The minimum atomic E-state index is -1.46. The van der Waals surface area contributed by atoms with Crippen molar-refractivity contribution in [3.8, 4) is 5.75 Å². The number of halogens is 2. The lowest BCUT2D eigenvalue weighted by atomic mass is 10.2. The molecule has 1 aromatic rings. The molecule has 0 aliphatic carbocycles. The van der Waals surface area contributed by atoms with Crippen molar-refractivity contribution in [1.29, 1.82) is 0 Å². The number of nitrogens with zero attached hydrogens (tertiary/aromatic N) is 4. The molecular formula is C14H18Cl2N5O8-. The average Bonchev–Trinajstić information content (AvgIpc) is 2.61. The number of carbonyl (C=O) groups excluding carboxylic acids is 1. The number of nitrogens with two attached hydrogens (primary N) is 1. The Hall–Kier alpha value is -2.77. The van der Waals surface area contributed by atoms with Crippen LogP contribution in [0.2, 0.25) is 0 Å². The smallest absolute Gasteiger partial charge is 0.283 e. The number of amides is 1. The van der Waals surface area contributed by atoms with Crippen molar-refractivity contribution < 1.29 is 24.7 Å². The highest BCUT2D eigenvalue weighted by Gasteiger charge is 2.24. The van der Waals surface area contributed by atoms with Gasteiger partial charge in [-0.05, 0) is 19.4 Å². The van der Waals surface area contributed by atoms with Crippen LogP contribution >= 0.6 is 23.2 Å². The van der Waals surface area contributed by atoms with Gasteiger partial charge in [0.25, 0.3) is 17.1 Å². The molecule has 0 aliphatic rings. The molecule has 15 heteroatoms. The molecule has 13 nitrogen and oxygen atoms in total. The molecule has 0 spiro atoms. The van der Waals surface area contributed by atoms with E-state index in [1.54, 1.807) is 0 Å². The summed E-state index contributed by atoms with van der Waals surface area (Å²) in [6.45, 7) is 1.82. The summed E-state index contributed by atoms with van der Waals surface area (Å²) in [4.78, 5) is 40.1. The van der Waals surface area contributed by atoms with E-state index in [0.717, 1.165) is 19.4 Å². The highest BCUT2D eigenvalue weighted by Crippen LogP contribution is 2.36. The van der Waals surface area contributed by atoms with Crippen LogP contribution in [0.5, 0.6) is 5.75 Å². The van der Waals surface area contributed by atoms with Gasteiger partial charge in [-0.3, -0.25) is 40.0 Å². The zero-order valence-electron chi connectivity index (χ0n) is 15.0. The van der Waals surface area contributed by atoms with E-state index < -0.39 is 37.6 Å². The van der Waals surface area contributed by atoms with Crippen molar-refractivity contribution in [2.24, 2.45) is 5.73 Å². The Morgan fingerprint density at radius 1 is 0.931 bits per heavy atom. The van der Waals surface area contributed by atoms with Crippen LogP contribution in [0, 0.1) is 30.3 Å². The van der Waals surface area contributed by atoms with E-state index in [4.69, 9.17) is 28.9 Å². The first-order valence-electron chi connectivity index (χ1n) is 7.95. The molecule has 0 saturated carbocycles. The molecule has 0 saturated heterocycles.